The van der Waals surface area contributed by atoms with Crippen LogP contribution >= 0.6 is 46.4 Å². The average molecular weight is 351 g/mol. The van der Waals surface area contributed by atoms with Gasteiger partial charge in [-0.3, -0.25) is 9.78 Å². The summed E-state index contributed by atoms with van der Waals surface area (Å²) in [6, 6.07) is 3.18. The predicted octanol–water partition coefficient (Wildman–Crippen LogP) is 4.99. The van der Waals surface area contributed by atoms with E-state index < -0.39 is 5.97 Å². The lowest BCUT2D eigenvalue weighted by atomic mass is 10.00. The Balaban J connectivity index is 2.63. The minimum atomic E-state index is -0.995. The standard InChI is InChI=1S/C13H7Cl4NO2/c14-9-1-6(2-10(15)13(9)17)8-4-18-5-11(16)7(8)3-12(19)20/h1-2,4-5H,3H2,(H,19,20). The Bertz CT molecular complexity index is 665. The first-order chi connectivity index (χ1) is 9.40. The largest absolute Gasteiger partial charge is 0.481 e. The molecule has 104 valence electrons. The van der Waals surface area contributed by atoms with Gasteiger partial charge >= 0.3 is 5.97 Å². The molecule has 0 atom stereocenters. The number of rotatable bonds is 3. The summed E-state index contributed by atoms with van der Waals surface area (Å²) < 4.78 is 0. The zero-order valence-corrected chi connectivity index (χ0v) is 12.9. The summed E-state index contributed by atoms with van der Waals surface area (Å²) in [6.07, 6.45) is 2.68. The molecule has 0 aliphatic heterocycles. The van der Waals surface area contributed by atoms with Crippen LogP contribution < -0.4 is 0 Å². The van der Waals surface area contributed by atoms with E-state index in [0.29, 0.717) is 16.7 Å². The molecule has 3 nitrogen and oxygen atoms in total. The molecule has 0 aliphatic rings. The van der Waals surface area contributed by atoms with Crippen LogP contribution in [-0.4, -0.2) is 16.1 Å². The Labute approximate surface area is 135 Å². The highest BCUT2D eigenvalue weighted by molar-refractivity contribution is 6.48. The topological polar surface area (TPSA) is 50.2 Å². The maximum atomic E-state index is 10.9. The molecule has 2 rings (SSSR count). The number of aliphatic carboxylic acids is 1. The number of nitrogens with zero attached hydrogens (tertiary/aromatic N) is 1. The van der Waals surface area contributed by atoms with E-state index in [1.165, 1.54) is 12.4 Å². The molecular formula is C13H7Cl4NO2. The van der Waals surface area contributed by atoms with Gasteiger partial charge in [-0.05, 0) is 23.3 Å². The quantitative estimate of drug-likeness (QED) is 0.793. The van der Waals surface area contributed by atoms with Crippen molar-refractivity contribution in [3.8, 4) is 11.1 Å². The third-order valence-corrected chi connectivity index (χ3v) is 4.15. The Hall–Kier alpha value is -1.000. The number of benzene rings is 1. The van der Waals surface area contributed by atoms with Crippen molar-refractivity contribution in [2.75, 3.05) is 0 Å². The van der Waals surface area contributed by atoms with Crippen molar-refractivity contribution in [1.82, 2.24) is 4.98 Å². The molecular weight excluding hydrogens is 344 g/mol. The lowest BCUT2D eigenvalue weighted by molar-refractivity contribution is -0.136. The van der Waals surface area contributed by atoms with E-state index in [1.54, 1.807) is 12.1 Å². The van der Waals surface area contributed by atoms with Crippen LogP contribution in [-0.2, 0) is 11.2 Å². The normalized spacial score (nSPS) is 10.6. The Morgan fingerprint density at radius 1 is 1.05 bits per heavy atom. The molecule has 0 bridgehead atoms. The van der Waals surface area contributed by atoms with Crippen molar-refractivity contribution in [3.63, 3.8) is 0 Å². The molecule has 0 aliphatic carbocycles. The maximum absolute atomic E-state index is 10.9. The molecule has 0 amide bonds. The van der Waals surface area contributed by atoms with Crippen LogP contribution in [0.25, 0.3) is 11.1 Å². The van der Waals surface area contributed by atoms with Crippen molar-refractivity contribution < 1.29 is 9.90 Å². The van der Waals surface area contributed by atoms with Gasteiger partial charge in [0.15, 0.2) is 0 Å². The van der Waals surface area contributed by atoms with Gasteiger partial charge in [-0.2, -0.15) is 0 Å². The first-order valence-corrected chi connectivity index (χ1v) is 6.90. The summed E-state index contributed by atoms with van der Waals surface area (Å²) in [6.45, 7) is 0. The number of aromatic nitrogens is 1. The number of pyridine rings is 1. The fourth-order valence-corrected chi connectivity index (χ4v) is 2.57. The molecule has 0 unspecified atom stereocenters. The van der Waals surface area contributed by atoms with E-state index >= 15 is 0 Å². The molecule has 20 heavy (non-hydrogen) atoms. The van der Waals surface area contributed by atoms with Gasteiger partial charge in [0.25, 0.3) is 0 Å². The molecule has 0 spiro atoms. The summed E-state index contributed by atoms with van der Waals surface area (Å²) in [5.41, 5.74) is 1.61. The van der Waals surface area contributed by atoms with Gasteiger partial charge in [0.1, 0.15) is 0 Å². The number of hydrogen-bond donors (Lipinski definition) is 1. The fraction of sp³-hybridized carbons (Fsp3) is 0.0769. The second-order valence-electron chi connectivity index (χ2n) is 3.97. The van der Waals surface area contributed by atoms with E-state index in [4.69, 9.17) is 51.5 Å². The second kappa shape index (κ2) is 6.19. The van der Waals surface area contributed by atoms with Crippen molar-refractivity contribution in [2.45, 2.75) is 6.42 Å². The molecule has 1 N–H and O–H groups in total. The van der Waals surface area contributed by atoms with E-state index in [9.17, 15) is 4.79 Å². The van der Waals surface area contributed by atoms with Gasteiger partial charge in [-0.15, -0.1) is 0 Å². The molecule has 1 aromatic carbocycles. The highest BCUT2D eigenvalue weighted by atomic mass is 35.5. The van der Waals surface area contributed by atoms with Crippen LogP contribution in [0.15, 0.2) is 24.5 Å². The van der Waals surface area contributed by atoms with Gasteiger partial charge in [0, 0.05) is 18.0 Å². The van der Waals surface area contributed by atoms with Crippen molar-refractivity contribution in [1.29, 1.82) is 0 Å². The summed E-state index contributed by atoms with van der Waals surface area (Å²) in [7, 11) is 0. The van der Waals surface area contributed by atoms with Gasteiger partial charge in [-0.1, -0.05) is 46.4 Å². The lowest BCUT2D eigenvalue weighted by Crippen LogP contribution is -2.03. The number of carbonyl (C=O) groups is 1. The van der Waals surface area contributed by atoms with Crippen molar-refractivity contribution >= 4 is 52.4 Å². The Morgan fingerprint density at radius 3 is 2.20 bits per heavy atom. The summed E-state index contributed by atoms with van der Waals surface area (Å²) >= 11 is 23.9. The van der Waals surface area contributed by atoms with E-state index in [0.717, 1.165) is 0 Å². The number of carboxylic acids is 1. The smallest absolute Gasteiger partial charge is 0.307 e. The third kappa shape index (κ3) is 3.18. The highest BCUT2D eigenvalue weighted by Crippen LogP contribution is 2.37. The van der Waals surface area contributed by atoms with Crippen LogP contribution in [0.3, 0.4) is 0 Å². The summed E-state index contributed by atoms with van der Waals surface area (Å²) in [5.74, 6) is -0.995. The number of carboxylic acid groups (broad SMARTS) is 1. The average Bonchev–Trinajstić information content (AvgIpc) is 2.37. The third-order valence-electron chi connectivity index (χ3n) is 2.63. The number of halogens is 4. The van der Waals surface area contributed by atoms with E-state index in [-0.39, 0.29) is 26.5 Å². The minimum absolute atomic E-state index is 0.228. The zero-order valence-electron chi connectivity index (χ0n) is 9.83. The second-order valence-corrected chi connectivity index (χ2v) is 5.57. The van der Waals surface area contributed by atoms with Gasteiger partial charge in [-0.25, -0.2) is 0 Å². The van der Waals surface area contributed by atoms with Gasteiger partial charge in [0.05, 0.1) is 26.5 Å². The molecule has 1 heterocycles. The van der Waals surface area contributed by atoms with Crippen LogP contribution in [0, 0.1) is 0 Å². The summed E-state index contributed by atoms with van der Waals surface area (Å²) in [4.78, 5) is 14.9. The first kappa shape index (κ1) is 15.4. The van der Waals surface area contributed by atoms with Crippen LogP contribution in [0.4, 0.5) is 0 Å². The van der Waals surface area contributed by atoms with Crippen molar-refractivity contribution in [3.05, 3.63) is 50.2 Å². The highest BCUT2D eigenvalue weighted by Gasteiger charge is 2.15. The molecule has 0 saturated carbocycles. The Morgan fingerprint density at radius 2 is 1.65 bits per heavy atom. The predicted molar refractivity (Wildman–Crippen MR) is 81.1 cm³/mol. The van der Waals surface area contributed by atoms with Gasteiger partial charge < -0.3 is 5.11 Å². The maximum Gasteiger partial charge on any atom is 0.307 e. The molecule has 7 heteroatoms. The first-order valence-electron chi connectivity index (χ1n) is 5.39. The molecule has 0 radical (unpaired) electrons. The molecule has 1 aromatic heterocycles. The summed E-state index contributed by atoms with van der Waals surface area (Å²) in [5, 5.41) is 10.0. The zero-order chi connectivity index (χ0) is 14.9. The minimum Gasteiger partial charge on any atom is -0.481 e. The lowest BCUT2D eigenvalue weighted by Gasteiger charge is -2.11. The Kier molecular flexibility index (Phi) is 4.76. The van der Waals surface area contributed by atoms with Crippen LogP contribution in [0.2, 0.25) is 20.1 Å². The monoisotopic (exact) mass is 349 g/mol. The molecule has 0 saturated heterocycles. The van der Waals surface area contributed by atoms with Crippen LogP contribution in [0.1, 0.15) is 5.56 Å². The van der Waals surface area contributed by atoms with Crippen LogP contribution in [0.5, 0.6) is 0 Å². The van der Waals surface area contributed by atoms with Crippen molar-refractivity contribution in [2.24, 2.45) is 0 Å². The van der Waals surface area contributed by atoms with E-state index in [2.05, 4.69) is 4.98 Å². The fourth-order valence-electron chi connectivity index (χ4n) is 1.75. The van der Waals surface area contributed by atoms with E-state index in [1.807, 2.05) is 0 Å². The molecule has 2 aromatic rings. The number of hydrogen-bond acceptors (Lipinski definition) is 2. The van der Waals surface area contributed by atoms with Gasteiger partial charge in [0.2, 0.25) is 0 Å². The SMILES string of the molecule is O=C(O)Cc1c(Cl)cncc1-c1cc(Cl)c(Cl)c(Cl)c1. The molecule has 0 fully saturated rings.